The zero-order valence-corrected chi connectivity index (χ0v) is 7.91. The molecule has 0 spiro atoms. The van der Waals surface area contributed by atoms with Crippen LogP contribution in [0.25, 0.3) is 0 Å². The summed E-state index contributed by atoms with van der Waals surface area (Å²) in [4.78, 5) is 0. The molecule has 1 rings (SSSR count). The molecule has 1 saturated heterocycles. The Morgan fingerprint density at radius 3 is 2.58 bits per heavy atom. The van der Waals surface area contributed by atoms with Gasteiger partial charge in [0.2, 0.25) is 0 Å². The van der Waals surface area contributed by atoms with E-state index in [1.54, 1.807) is 0 Å². The highest BCUT2D eigenvalue weighted by atomic mass is 31.1. The first-order valence-electron chi connectivity index (χ1n) is 3.54. The fraction of sp³-hybridized carbons (Fsp3) is 0.667. The van der Waals surface area contributed by atoms with Gasteiger partial charge in [-0.15, -0.1) is 13.2 Å². The first-order chi connectivity index (χ1) is 5.60. The molecule has 1 heterocycles. The van der Waals surface area contributed by atoms with E-state index in [1.807, 2.05) is 0 Å². The molecule has 4 N–H and O–H groups in total. The number of rotatable bonds is 0. The Kier molecular flexibility index (Phi) is 5.37. The minimum Gasteiger partial charge on any atom is -0.311 e. The predicted molar refractivity (Wildman–Crippen MR) is 47.6 cm³/mol. The molecular weight excluding hydrogens is 179 g/mol. The van der Waals surface area contributed by atoms with Crippen molar-refractivity contribution in [2.24, 2.45) is 11.5 Å². The third-order valence-corrected chi connectivity index (χ3v) is 2.19. The second-order valence-electron chi connectivity index (χ2n) is 2.26. The summed E-state index contributed by atoms with van der Waals surface area (Å²) in [6.45, 7) is 6.41. The third kappa shape index (κ3) is 4.64. The van der Waals surface area contributed by atoms with Crippen molar-refractivity contribution in [2.45, 2.75) is 18.7 Å². The third-order valence-electron chi connectivity index (χ3n) is 1.21. The molecule has 0 aliphatic carbocycles. The topological polar surface area (TPSA) is 87.6 Å². The Labute approximate surface area is 72.7 Å². The van der Waals surface area contributed by atoms with Crippen LogP contribution in [0.1, 0.15) is 12.8 Å². The van der Waals surface area contributed by atoms with E-state index in [0.29, 0.717) is 19.4 Å². The lowest BCUT2D eigenvalue weighted by Crippen LogP contribution is -2.49. The average molecular weight is 194 g/mol. The molecule has 1 aliphatic rings. The number of hydrogen-bond donors (Lipinski definition) is 2. The van der Waals surface area contributed by atoms with E-state index < -0.39 is 14.1 Å². The minimum absolute atomic E-state index is 0.411. The van der Waals surface area contributed by atoms with Crippen molar-refractivity contribution in [1.29, 1.82) is 0 Å². The van der Waals surface area contributed by atoms with Crippen LogP contribution in [0.15, 0.2) is 13.2 Å². The molecule has 1 fully saturated rings. The van der Waals surface area contributed by atoms with Crippen LogP contribution >= 0.6 is 8.25 Å². The van der Waals surface area contributed by atoms with Gasteiger partial charge in [0.25, 0.3) is 0 Å². The first-order valence-corrected chi connectivity index (χ1v) is 4.76. The maximum absolute atomic E-state index is 10.7. The molecular formula is C6H15N2O3P. The molecule has 1 aliphatic heterocycles. The highest BCUT2D eigenvalue weighted by Gasteiger charge is 2.25. The highest BCUT2D eigenvalue weighted by Crippen LogP contribution is 2.32. The van der Waals surface area contributed by atoms with Crippen molar-refractivity contribution in [1.82, 2.24) is 0 Å². The van der Waals surface area contributed by atoms with E-state index in [1.165, 1.54) is 0 Å². The molecule has 1 atom stereocenters. The lowest BCUT2D eigenvalue weighted by molar-refractivity contribution is 0.0801. The van der Waals surface area contributed by atoms with Gasteiger partial charge in [0, 0.05) is 6.42 Å². The Balaban J connectivity index is 0.000000561. The van der Waals surface area contributed by atoms with E-state index in [4.69, 9.17) is 16.0 Å². The monoisotopic (exact) mass is 194 g/mol. The van der Waals surface area contributed by atoms with Gasteiger partial charge in [-0.2, -0.15) is 0 Å². The van der Waals surface area contributed by atoms with Crippen molar-refractivity contribution in [3.8, 4) is 0 Å². The molecule has 72 valence electrons. The summed E-state index contributed by atoms with van der Waals surface area (Å²) >= 11 is 0. The molecule has 12 heavy (non-hydrogen) atoms. The Bertz CT molecular complexity index is 163. The lowest BCUT2D eigenvalue weighted by atomic mass is 10.2. The van der Waals surface area contributed by atoms with Gasteiger partial charge in [0.05, 0.1) is 6.61 Å². The normalized spacial score (nSPS) is 28.0. The molecule has 6 heteroatoms. The summed E-state index contributed by atoms with van der Waals surface area (Å²) in [7, 11) is -2.44. The summed E-state index contributed by atoms with van der Waals surface area (Å²) in [5.41, 5.74) is 10.7. The molecule has 5 nitrogen and oxygen atoms in total. The molecule has 0 aromatic heterocycles. The fourth-order valence-corrected chi connectivity index (χ4v) is 1.52. The second-order valence-corrected chi connectivity index (χ2v) is 3.25. The van der Waals surface area contributed by atoms with Gasteiger partial charge in [-0.3, -0.25) is 20.6 Å². The van der Waals surface area contributed by atoms with E-state index in [-0.39, 0.29) is 0 Å². The van der Waals surface area contributed by atoms with E-state index in [2.05, 4.69) is 17.7 Å². The van der Waals surface area contributed by atoms with Crippen LogP contribution < -0.4 is 11.5 Å². The quantitative estimate of drug-likeness (QED) is 0.334. The largest absolute Gasteiger partial charge is 0.321 e. The van der Waals surface area contributed by atoms with Gasteiger partial charge in [0.15, 0.2) is 5.85 Å². The molecule has 0 aromatic rings. The van der Waals surface area contributed by atoms with Gasteiger partial charge >= 0.3 is 8.25 Å². The maximum Gasteiger partial charge on any atom is 0.321 e. The van der Waals surface area contributed by atoms with Crippen LogP contribution in [-0.2, 0) is 13.6 Å². The lowest BCUT2D eigenvalue weighted by Gasteiger charge is -2.19. The molecule has 1 unspecified atom stereocenters. The number of hydrogen-bond acceptors (Lipinski definition) is 5. The van der Waals surface area contributed by atoms with Gasteiger partial charge in [0.1, 0.15) is 0 Å². The zero-order chi connectivity index (χ0) is 9.61. The molecule has 0 saturated carbocycles. The SMILES string of the molecule is C=C.NC1(N)CCCO[PH](=O)O1. The summed E-state index contributed by atoms with van der Waals surface area (Å²) in [6.07, 6.45) is 1.16. The van der Waals surface area contributed by atoms with Crippen LogP contribution in [0.5, 0.6) is 0 Å². The first kappa shape index (κ1) is 11.8. The van der Waals surface area contributed by atoms with Gasteiger partial charge < -0.3 is 4.52 Å². The fourth-order valence-electron chi connectivity index (χ4n) is 0.740. The Morgan fingerprint density at radius 2 is 2.00 bits per heavy atom. The summed E-state index contributed by atoms with van der Waals surface area (Å²) in [5.74, 6) is -1.26. The van der Waals surface area contributed by atoms with Gasteiger partial charge in [-0.25, -0.2) is 0 Å². The van der Waals surface area contributed by atoms with Crippen LogP contribution in [0.3, 0.4) is 0 Å². The van der Waals surface area contributed by atoms with Crippen molar-refractivity contribution < 1.29 is 13.6 Å². The molecule has 0 amide bonds. The zero-order valence-electron chi connectivity index (χ0n) is 6.91. The van der Waals surface area contributed by atoms with E-state index in [9.17, 15) is 4.57 Å². The Hall–Kier alpha value is -0.190. The van der Waals surface area contributed by atoms with E-state index >= 15 is 0 Å². The van der Waals surface area contributed by atoms with Gasteiger partial charge in [-0.1, -0.05) is 0 Å². The summed E-state index contributed by atoms with van der Waals surface area (Å²) in [5, 5.41) is 0. The van der Waals surface area contributed by atoms with Crippen molar-refractivity contribution in [2.75, 3.05) is 6.61 Å². The molecule has 0 aromatic carbocycles. The minimum atomic E-state index is -2.44. The van der Waals surface area contributed by atoms with Crippen molar-refractivity contribution in [3.05, 3.63) is 13.2 Å². The number of nitrogens with two attached hydrogens (primary N) is 2. The van der Waals surface area contributed by atoms with Crippen molar-refractivity contribution >= 4 is 8.25 Å². The standard InChI is InChI=1S/C4H11N2O3P.C2H4/c5-4(6)2-1-3-8-10(7)9-4;1-2/h10H,1-3,5-6H2;1-2H2. The van der Waals surface area contributed by atoms with Crippen LogP contribution in [-0.4, -0.2) is 12.5 Å². The maximum atomic E-state index is 10.7. The highest BCUT2D eigenvalue weighted by molar-refractivity contribution is 7.33. The predicted octanol–water partition coefficient (Wildman–Crippen LogP) is 0.577. The van der Waals surface area contributed by atoms with E-state index in [0.717, 1.165) is 0 Å². The average Bonchev–Trinajstić information content (AvgIpc) is 2.14. The molecule has 0 bridgehead atoms. The second kappa shape index (κ2) is 5.45. The van der Waals surface area contributed by atoms with Crippen LogP contribution in [0.4, 0.5) is 0 Å². The van der Waals surface area contributed by atoms with Crippen LogP contribution in [0, 0.1) is 0 Å². The summed E-state index contributed by atoms with van der Waals surface area (Å²) < 4.78 is 20.1. The van der Waals surface area contributed by atoms with Crippen molar-refractivity contribution in [3.63, 3.8) is 0 Å². The smallest absolute Gasteiger partial charge is 0.311 e. The Morgan fingerprint density at radius 1 is 1.42 bits per heavy atom. The molecule has 0 radical (unpaired) electrons. The summed E-state index contributed by atoms with van der Waals surface area (Å²) in [6, 6.07) is 0. The van der Waals surface area contributed by atoms with Gasteiger partial charge in [-0.05, 0) is 6.42 Å². The van der Waals surface area contributed by atoms with Crippen LogP contribution in [0.2, 0.25) is 0 Å².